The zero-order chi connectivity index (χ0) is 27.8. The molecule has 7 rings (SSSR count). The number of hydrogen-bond acceptors (Lipinski definition) is 8. The molecular formula is C31H24N8OS. The second kappa shape index (κ2) is 10.5. The molecule has 0 bridgehead atoms. The van der Waals surface area contributed by atoms with Crippen LogP contribution in [0.5, 0.6) is 0 Å². The molecule has 200 valence electrons. The Balaban J connectivity index is 1.19. The van der Waals surface area contributed by atoms with Crippen LogP contribution in [0.25, 0.3) is 55.4 Å². The minimum absolute atomic E-state index is 0.0471. The van der Waals surface area contributed by atoms with E-state index in [-0.39, 0.29) is 5.78 Å². The Morgan fingerprint density at radius 1 is 0.951 bits per heavy atom. The van der Waals surface area contributed by atoms with Crippen LogP contribution in [-0.2, 0) is 13.1 Å². The summed E-state index contributed by atoms with van der Waals surface area (Å²) >= 11 is 1.45. The summed E-state index contributed by atoms with van der Waals surface area (Å²) in [6, 6.07) is 22.1. The topological polar surface area (TPSA) is 125 Å². The van der Waals surface area contributed by atoms with Crippen molar-refractivity contribution in [3.05, 3.63) is 101 Å². The van der Waals surface area contributed by atoms with E-state index in [0.29, 0.717) is 34.1 Å². The van der Waals surface area contributed by atoms with E-state index in [0.717, 1.165) is 44.8 Å². The number of carbonyl (C=O) groups excluding carboxylic acids is 1. The molecular weight excluding hydrogens is 532 g/mol. The summed E-state index contributed by atoms with van der Waals surface area (Å²) in [5.41, 5.74) is 8.42. The van der Waals surface area contributed by atoms with Crippen molar-refractivity contribution in [2.75, 3.05) is 0 Å². The van der Waals surface area contributed by atoms with Crippen molar-refractivity contribution in [1.82, 2.24) is 40.4 Å². The van der Waals surface area contributed by atoms with Gasteiger partial charge in [-0.25, -0.2) is 15.0 Å². The molecule has 6 aromatic heterocycles. The monoisotopic (exact) mass is 556 g/mol. The van der Waals surface area contributed by atoms with Gasteiger partial charge in [0.2, 0.25) is 0 Å². The van der Waals surface area contributed by atoms with Crippen LogP contribution in [0, 0.1) is 0 Å². The van der Waals surface area contributed by atoms with Crippen molar-refractivity contribution in [2.24, 2.45) is 0 Å². The number of imidazole rings is 1. The predicted octanol–water partition coefficient (Wildman–Crippen LogP) is 6.18. The summed E-state index contributed by atoms with van der Waals surface area (Å²) in [5.74, 6) is 0.613. The standard InChI is InChI=1S/C31H24N8OS/c1-18(40)25-9-10-26(41-25)22-11-12-34-30-27(22)36-31(37-30)29-28-24(38-39-29)8-7-23(35-28)21-13-20(16-33-17-21)15-32-14-19-5-3-2-4-6-19/h2-13,16-17,32H,14-15H2,1H3,(H,38,39)(H,34,36,37). The van der Waals surface area contributed by atoms with Gasteiger partial charge < -0.3 is 10.3 Å². The highest BCUT2D eigenvalue weighted by Crippen LogP contribution is 2.34. The van der Waals surface area contributed by atoms with E-state index < -0.39 is 0 Å². The van der Waals surface area contributed by atoms with Crippen LogP contribution in [0.3, 0.4) is 0 Å². The Labute approximate surface area is 238 Å². The number of nitrogens with one attached hydrogen (secondary N) is 3. The van der Waals surface area contributed by atoms with Gasteiger partial charge in [-0.15, -0.1) is 11.3 Å². The van der Waals surface area contributed by atoms with Gasteiger partial charge >= 0.3 is 0 Å². The number of aromatic amines is 2. The molecule has 0 aliphatic heterocycles. The first kappa shape index (κ1) is 24.9. The third kappa shape index (κ3) is 4.90. The lowest BCUT2D eigenvalue weighted by atomic mass is 10.1. The maximum Gasteiger partial charge on any atom is 0.178 e. The first-order valence-corrected chi connectivity index (χ1v) is 13.9. The first-order valence-electron chi connectivity index (χ1n) is 13.1. The molecule has 6 heterocycles. The number of benzene rings is 1. The quantitative estimate of drug-likeness (QED) is 0.191. The van der Waals surface area contributed by atoms with Gasteiger partial charge in [0.05, 0.1) is 21.6 Å². The van der Waals surface area contributed by atoms with Crippen LogP contribution >= 0.6 is 11.3 Å². The Bertz CT molecular complexity index is 2020. The number of fused-ring (bicyclic) bond motifs is 2. The molecule has 0 saturated carbocycles. The number of pyridine rings is 3. The molecule has 10 heteroatoms. The van der Waals surface area contributed by atoms with Gasteiger partial charge in [0, 0.05) is 47.7 Å². The smallest absolute Gasteiger partial charge is 0.178 e. The predicted molar refractivity (Wildman–Crippen MR) is 160 cm³/mol. The SMILES string of the molecule is CC(=O)c1ccc(-c2ccnc3nc(-c4n[nH]c5ccc(-c6cncc(CNCc7ccccc7)c6)nc45)[nH]c23)s1. The normalized spacial score (nSPS) is 11.4. The van der Waals surface area contributed by atoms with Crippen LogP contribution in [-0.4, -0.2) is 40.9 Å². The number of Topliss-reactive ketones (excluding diaryl/α,β-unsaturated/α-hetero) is 1. The van der Waals surface area contributed by atoms with Gasteiger partial charge in [-0.3, -0.25) is 14.9 Å². The molecule has 9 nitrogen and oxygen atoms in total. The molecule has 0 atom stereocenters. The largest absolute Gasteiger partial charge is 0.335 e. The van der Waals surface area contributed by atoms with Crippen molar-refractivity contribution in [2.45, 2.75) is 20.0 Å². The lowest BCUT2D eigenvalue weighted by Gasteiger charge is -2.07. The number of carbonyl (C=O) groups is 1. The molecule has 0 amide bonds. The number of H-pyrrole nitrogens is 2. The Morgan fingerprint density at radius 2 is 1.83 bits per heavy atom. The molecule has 0 radical (unpaired) electrons. The second-order valence-electron chi connectivity index (χ2n) is 9.70. The van der Waals surface area contributed by atoms with Gasteiger partial charge in [-0.2, -0.15) is 5.10 Å². The summed E-state index contributed by atoms with van der Waals surface area (Å²) in [7, 11) is 0. The van der Waals surface area contributed by atoms with Gasteiger partial charge in [-0.05, 0) is 54.4 Å². The van der Waals surface area contributed by atoms with Gasteiger partial charge in [0.1, 0.15) is 5.52 Å². The molecule has 0 aliphatic carbocycles. The zero-order valence-electron chi connectivity index (χ0n) is 22.0. The van der Waals surface area contributed by atoms with Crippen molar-refractivity contribution in [3.63, 3.8) is 0 Å². The summed E-state index contributed by atoms with van der Waals surface area (Å²) in [6.45, 7) is 3.05. The third-order valence-corrected chi connectivity index (χ3v) is 8.05. The van der Waals surface area contributed by atoms with Crippen molar-refractivity contribution >= 4 is 39.3 Å². The molecule has 41 heavy (non-hydrogen) atoms. The van der Waals surface area contributed by atoms with Crippen LogP contribution in [0.1, 0.15) is 27.7 Å². The molecule has 0 unspecified atom stereocenters. The average molecular weight is 557 g/mol. The van der Waals surface area contributed by atoms with Crippen molar-refractivity contribution in [3.8, 4) is 33.2 Å². The van der Waals surface area contributed by atoms with E-state index >= 15 is 0 Å². The van der Waals surface area contributed by atoms with Crippen LogP contribution < -0.4 is 5.32 Å². The van der Waals surface area contributed by atoms with Crippen LogP contribution in [0.2, 0.25) is 0 Å². The van der Waals surface area contributed by atoms with Crippen molar-refractivity contribution in [1.29, 1.82) is 0 Å². The van der Waals surface area contributed by atoms with E-state index in [1.807, 2.05) is 60.9 Å². The number of aromatic nitrogens is 7. The summed E-state index contributed by atoms with van der Waals surface area (Å²) < 4.78 is 0. The minimum Gasteiger partial charge on any atom is -0.335 e. The Morgan fingerprint density at radius 3 is 2.68 bits per heavy atom. The summed E-state index contributed by atoms with van der Waals surface area (Å²) in [4.78, 5) is 35.5. The van der Waals surface area contributed by atoms with E-state index in [1.165, 1.54) is 16.9 Å². The van der Waals surface area contributed by atoms with E-state index in [9.17, 15) is 4.79 Å². The molecule has 0 aliphatic rings. The van der Waals surface area contributed by atoms with E-state index in [1.54, 1.807) is 13.1 Å². The first-order chi connectivity index (χ1) is 20.1. The fraction of sp³-hybridized carbons (Fsp3) is 0.0968. The minimum atomic E-state index is 0.0471. The highest BCUT2D eigenvalue weighted by molar-refractivity contribution is 7.17. The Hall–Kier alpha value is -5.06. The summed E-state index contributed by atoms with van der Waals surface area (Å²) in [6.07, 6.45) is 5.42. The average Bonchev–Trinajstić information content (AvgIpc) is 3.76. The zero-order valence-corrected chi connectivity index (χ0v) is 22.9. The van der Waals surface area contributed by atoms with Gasteiger partial charge in [0.25, 0.3) is 0 Å². The molecule has 7 aromatic rings. The second-order valence-corrected chi connectivity index (χ2v) is 10.8. The molecule has 0 saturated heterocycles. The van der Waals surface area contributed by atoms with E-state index in [4.69, 9.17) is 9.97 Å². The Kier molecular flexibility index (Phi) is 6.38. The van der Waals surface area contributed by atoms with Crippen molar-refractivity contribution < 1.29 is 4.79 Å². The third-order valence-electron chi connectivity index (χ3n) is 6.83. The van der Waals surface area contributed by atoms with Crippen LogP contribution in [0.15, 0.2) is 85.3 Å². The summed E-state index contributed by atoms with van der Waals surface area (Å²) in [5, 5.41) is 11.1. The highest BCUT2D eigenvalue weighted by Gasteiger charge is 2.18. The molecule has 1 aromatic carbocycles. The molecule has 3 N–H and O–H groups in total. The lowest BCUT2D eigenvalue weighted by Crippen LogP contribution is -2.12. The fourth-order valence-electron chi connectivity index (χ4n) is 4.80. The maximum absolute atomic E-state index is 11.8. The van der Waals surface area contributed by atoms with E-state index in [2.05, 4.69) is 48.7 Å². The van der Waals surface area contributed by atoms with Gasteiger partial charge in [0.15, 0.2) is 22.9 Å². The fourth-order valence-corrected chi connectivity index (χ4v) is 5.73. The highest BCUT2D eigenvalue weighted by atomic mass is 32.1. The number of rotatable bonds is 8. The number of hydrogen-bond donors (Lipinski definition) is 3. The number of ketones is 1. The lowest BCUT2D eigenvalue weighted by molar-refractivity contribution is 0.102. The number of thiophene rings is 1. The number of nitrogens with zero attached hydrogens (tertiary/aromatic N) is 5. The van der Waals surface area contributed by atoms with Crippen LogP contribution in [0.4, 0.5) is 0 Å². The molecule has 0 fully saturated rings. The maximum atomic E-state index is 11.8. The molecule has 0 spiro atoms. The van der Waals surface area contributed by atoms with Gasteiger partial charge in [-0.1, -0.05) is 30.3 Å².